The van der Waals surface area contributed by atoms with E-state index in [0.717, 1.165) is 11.3 Å². The van der Waals surface area contributed by atoms with Gasteiger partial charge >= 0.3 is 10.1 Å². The molecular formula is C16H17NO3S. The molecule has 0 aliphatic heterocycles. The van der Waals surface area contributed by atoms with Crippen LogP contribution in [-0.2, 0) is 10.1 Å². The molecule has 110 valence electrons. The summed E-state index contributed by atoms with van der Waals surface area (Å²) < 4.78 is 29.5. The van der Waals surface area contributed by atoms with Gasteiger partial charge in [0.25, 0.3) is 0 Å². The largest absolute Gasteiger partial charge is 0.381 e. The smallest absolute Gasteiger partial charge is 0.339 e. The van der Waals surface area contributed by atoms with Gasteiger partial charge in [0, 0.05) is 18.3 Å². The molecule has 0 spiro atoms. The van der Waals surface area contributed by atoms with Crippen molar-refractivity contribution in [3.05, 3.63) is 66.7 Å². The minimum atomic E-state index is -3.82. The van der Waals surface area contributed by atoms with Crippen LogP contribution in [0, 0.1) is 6.92 Å². The summed E-state index contributed by atoms with van der Waals surface area (Å²) in [6.45, 7) is 6.10. The summed E-state index contributed by atoms with van der Waals surface area (Å²) in [4.78, 5) is 0.137. The van der Waals surface area contributed by atoms with Gasteiger partial charge in [0.1, 0.15) is 10.6 Å². The summed E-state index contributed by atoms with van der Waals surface area (Å²) in [6.07, 6.45) is 1.72. The normalized spacial score (nSPS) is 10.9. The lowest BCUT2D eigenvalue weighted by Crippen LogP contribution is -2.10. The molecule has 5 heteroatoms. The Bertz CT molecular complexity index is 721. The van der Waals surface area contributed by atoms with Crippen LogP contribution in [0.15, 0.2) is 66.1 Å². The Labute approximate surface area is 125 Å². The average Bonchev–Trinajstić information content (AvgIpc) is 2.45. The third-order valence-corrected chi connectivity index (χ3v) is 4.06. The molecule has 2 aromatic rings. The molecule has 0 bridgehead atoms. The first kappa shape index (κ1) is 15.1. The van der Waals surface area contributed by atoms with E-state index < -0.39 is 10.1 Å². The summed E-state index contributed by atoms with van der Waals surface area (Å²) in [5.41, 5.74) is 1.76. The second kappa shape index (κ2) is 6.45. The topological polar surface area (TPSA) is 55.4 Å². The molecule has 0 heterocycles. The van der Waals surface area contributed by atoms with Gasteiger partial charge in [-0.05, 0) is 31.2 Å². The Kier molecular flexibility index (Phi) is 4.65. The van der Waals surface area contributed by atoms with Crippen LogP contribution in [0.2, 0.25) is 0 Å². The molecular weight excluding hydrogens is 286 g/mol. The second-order valence-corrected chi connectivity index (χ2v) is 6.09. The third-order valence-electron chi connectivity index (χ3n) is 2.80. The first-order valence-corrected chi connectivity index (χ1v) is 7.88. The zero-order chi connectivity index (χ0) is 15.3. The molecule has 0 unspecified atom stereocenters. The molecule has 0 radical (unpaired) electrons. The molecule has 0 aliphatic rings. The molecule has 0 saturated heterocycles. The van der Waals surface area contributed by atoms with Crippen molar-refractivity contribution in [2.75, 3.05) is 11.9 Å². The van der Waals surface area contributed by atoms with Gasteiger partial charge in [0.15, 0.2) is 0 Å². The lowest BCUT2D eigenvalue weighted by molar-refractivity contribution is 0.486. The SMILES string of the molecule is C=CCNc1cccc(OS(=O)(=O)c2ccc(C)cc2)c1. The van der Waals surface area contributed by atoms with E-state index in [1.807, 2.05) is 13.0 Å². The number of anilines is 1. The van der Waals surface area contributed by atoms with Crippen LogP contribution < -0.4 is 9.50 Å². The molecule has 0 saturated carbocycles. The minimum absolute atomic E-state index is 0.137. The van der Waals surface area contributed by atoms with Crippen LogP contribution >= 0.6 is 0 Å². The maximum Gasteiger partial charge on any atom is 0.339 e. The predicted octanol–water partition coefficient (Wildman–Crippen LogP) is 3.36. The van der Waals surface area contributed by atoms with E-state index in [4.69, 9.17) is 4.18 Å². The minimum Gasteiger partial charge on any atom is -0.381 e. The van der Waals surface area contributed by atoms with Crippen molar-refractivity contribution in [1.29, 1.82) is 0 Å². The van der Waals surface area contributed by atoms with Crippen LogP contribution in [0.4, 0.5) is 5.69 Å². The van der Waals surface area contributed by atoms with Crippen LogP contribution in [0.3, 0.4) is 0 Å². The lowest BCUT2D eigenvalue weighted by Gasteiger charge is -2.09. The highest BCUT2D eigenvalue weighted by Crippen LogP contribution is 2.22. The highest BCUT2D eigenvalue weighted by Gasteiger charge is 2.16. The number of nitrogens with one attached hydrogen (secondary N) is 1. The summed E-state index contributed by atoms with van der Waals surface area (Å²) in [5.74, 6) is 0.268. The molecule has 0 aliphatic carbocycles. The molecule has 0 amide bonds. The Morgan fingerprint density at radius 3 is 2.57 bits per heavy atom. The highest BCUT2D eigenvalue weighted by atomic mass is 32.2. The molecule has 1 N–H and O–H groups in total. The number of hydrogen-bond donors (Lipinski definition) is 1. The van der Waals surface area contributed by atoms with Crippen molar-refractivity contribution >= 4 is 15.8 Å². The number of benzene rings is 2. The van der Waals surface area contributed by atoms with Gasteiger partial charge in [-0.15, -0.1) is 6.58 Å². The molecule has 21 heavy (non-hydrogen) atoms. The van der Waals surface area contributed by atoms with Crippen molar-refractivity contribution in [3.8, 4) is 5.75 Å². The summed E-state index contributed by atoms with van der Waals surface area (Å²) in [5, 5.41) is 3.07. The molecule has 0 atom stereocenters. The molecule has 2 rings (SSSR count). The number of aryl methyl sites for hydroxylation is 1. The van der Waals surface area contributed by atoms with Crippen molar-refractivity contribution < 1.29 is 12.6 Å². The Hall–Kier alpha value is -2.27. The van der Waals surface area contributed by atoms with Gasteiger partial charge in [-0.2, -0.15) is 8.42 Å². The fraction of sp³-hybridized carbons (Fsp3) is 0.125. The van der Waals surface area contributed by atoms with E-state index in [9.17, 15) is 8.42 Å². The Balaban J connectivity index is 2.20. The van der Waals surface area contributed by atoms with Crippen molar-refractivity contribution in [2.45, 2.75) is 11.8 Å². The van der Waals surface area contributed by atoms with Crippen molar-refractivity contribution in [1.82, 2.24) is 0 Å². The zero-order valence-corrected chi connectivity index (χ0v) is 12.6. The summed E-state index contributed by atoms with van der Waals surface area (Å²) in [6, 6.07) is 13.3. The molecule has 0 fully saturated rings. The summed E-state index contributed by atoms with van der Waals surface area (Å²) >= 11 is 0. The summed E-state index contributed by atoms with van der Waals surface area (Å²) in [7, 11) is -3.82. The quantitative estimate of drug-likeness (QED) is 0.657. The Morgan fingerprint density at radius 2 is 1.90 bits per heavy atom. The van der Waals surface area contributed by atoms with Gasteiger partial charge in [-0.3, -0.25) is 0 Å². The van der Waals surface area contributed by atoms with Crippen LogP contribution in [-0.4, -0.2) is 15.0 Å². The monoisotopic (exact) mass is 303 g/mol. The van der Waals surface area contributed by atoms with Gasteiger partial charge in [0.05, 0.1) is 0 Å². The fourth-order valence-electron chi connectivity index (χ4n) is 1.73. The van der Waals surface area contributed by atoms with Crippen LogP contribution in [0.5, 0.6) is 5.75 Å². The molecule has 0 aromatic heterocycles. The third kappa shape index (κ3) is 4.10. The van der Waals surface area contributed by atoms with Gasteiger partial charge in [-0.1, -0.05) is 29.8 Å². The number of hydrogen-bond acceptors (Lipinski definition) is 4. The predicted molar refractivity (Wildman–Crippen MR) is 84.1 cm³/mol. The van der Waals surface area contributed by atoms with Crippen LogP contribution in [0.25, 0.3) is 0 Å². The van der Waals surface area contributed by atoms with E-state index in [0.29, 0.717) is 6.54 Å². The standard InChI is InChI=1S/C16H17NO3S/c1-3-11-17-14-5-4-6-15(12-14)20-21(18,19)16-9-7-13(2)8-10-16/h3-10,12,17H,1,11H2,2H3. The van der Waals surface area contributed by atoms with E-state index in [1.165, 1.54) is 12.1 Å². The maximum atomic E-state index is 12.2. The lowest BCUT2D eigenvalue weighted by atomic mass is 10.2. The van der Waals surface area contributed by atoms with E-state index in [1.54, 1.807) is 36.4 Å². The van der Waals surface area contributed by atoms with Crippen molar-refractivity contribution in [3.63, 3.8) is 0 Å². The first-order valence-electron chi connectivity index (χ1n) is 6.47. The van der Waals surface area contributed by atoms with Crippen LogP contribution in [0.1, 0.15) is 5.56 Å². The second-order valence-electron chi connectivity index (χ2n) is 4.55. The fourth-order valence-corrected chi connectivity index (χ4v) is 2.65. The maximum absolute atomic E-state index is 12.2. The number of rotatable bonds is 6. The van der Waals surface area contributed by atoms with Gasteiger partial charge in [-0.25, -0.2) is 0 Å². The van der Waals surface area contributed by atoms with Gasteiger partial charge < -0.3 is 9.50 Å². The average molecular weight is 303 g/mol. The highest BCUT2D eigenvalue weighted by molar-refractivity contribution is 7.87. The first-order chi connectivity index (χ1) is 10.0. The molecule has 2 aromatic carbocycles. The van der Waals surface area contributed by atoms with E-state index in [2.05, 4.69) is 11.9 Å². The molecule has 4 nitrogen and oxygen atoms in total. The Morgan fingerprint density at radius 1 is 1.19 bits per heavy atom. The van der Waals surface area contributed by atoms with Gasteiger partial charge in [0.2, 0.25) is 0 Å². The zero-order valence-electron chi connectivity index (χ0n) is 11.7. The van der Waals surface area contributed by atoms with E-state index in [-0.39, 0.29) is 10.6 Å². The van der Waals surface area contributed by atoms with E-state index >= 15 is 0 Å². The van der Waals surface area contributed by atoms with Crippen molar-refractivity contribution in [2.24, 2.45) is 0 Å².